The molecule has 0 saturated carbocycles. The third-order valence-electron chi connectivity index (χ3n) is 2.10. The van der Waals surface area contributed by atoms with Gasteiger partial charge in [-0.05, 0) is 19.4 Å². The van der Waals surface area contributed by atoms with E-state index in [1.807, 2.05) is 31.2 Å². The summed E-state index contributed by atoms with van der Waals surface area (Å²) in [6.07, 6.45) is 0. The summed E-state index contributed by atoms with van der Waals surface area (Å²) < 4.78 is 0. The first kappa shape index (κ1) is 10.7. The molecule has 0 aliphatic heterocycles. The summed E-state index contributed by atoms with van der Waals surface area (Å²) in [5, 5.41) is 11.6. The van der Waals surface area contributed by atoms with Gasteiger partial charge in [-0.1, -0.05) is 29.8 Å². The van der Waals surface area contributed by atoms with Crippen molar-refractivity contribution < 1.29 is 9.90 Å². The Hall–Kier alpha value is -1.35. The molecule has 2 N–H and O–H groups in total. The first-order chi connectivity index (χ1) is 6.59. The van der Waals surface area contributed by atoms with Crippen molar-refractivity contribution in [3.63, 3.8) is 0 Å². The lowest BCUT2D eigenvalue weighted by molar-refractivity contribution is -0.139. The van der Waals surface area contributed by atoms with Gasteiger partial charge in [0.2, 0.25) is 0 Å². The lowest BCUT2D eigenvalue weighted by Crippen LogP contribution is -2.33. The van der Waals surface area contributed by atoms with Gasteiger partial charge in [-0.15, -0.1) is 0 Å². The molecule has 3 heteroatoms. The van der Waals surface area contributed by atoms with E-state index < -0.39 is 12.0 Å². The zero-order chi connectivity index (χ0) is 10.6. The van der Waals surface area contributed by atoms with Crippen LogP contribution < -0.4 is 5.32 Å². The highest BCUT2D eigenvalue weighted by Gasteiger charge is 2.08. The minimum Gasteiger partial charge on any atom is -0.480 e. The van der Waals surface area contributed by atoms with Gasteiger partial charge in [0, 0.05) is 6.54 Å². The van der Waals surface area contributed by atoms with Crippen LogP contribution >= 0.6 is 0 Å². The molecule has 0 spiro atoms. The van der Waals surface area contributed by atoms with Crippen LogP contribution in [0.1, 0.15) is 18.1 Å². The Morgan fingerprint density at radius 1 is 1.43 bits per heavy atom. The van der Waals surface area contributed by atoms with Crippen molar-refractivity contribution in [3.8, 4) is 0 Å². The van der Waals surface area contributed by atoms with E-state index in [9.17, 15) is 4.79 Å². The van der Waals surface area contributed by atoms with Crippen LogP contribution in [-0.4, -0.2) is 17.1 Å². The molecule has 0 fully saturated rings. The summed E-state index contributed by atoms with van der Waals surface area (Å²) in [4.78, 5) is 10.5. The van der Waals surface area contributed by atoms with E-state index in [0.29, 0.717) is 6.54 Å². The highest BCUT2D eigenvalue weighted by atomic mass is 16.4. The molecule has 0 saturated heterocycles. The highest BCUT2D eigenvalue weighted by molar-refractivity contribution is 5.72. The summed E-state index contributed by atoms with van der Waals surface area (Å²) >= 11 is 0. The number of carbonyl (C=O) groups is 1. The molecular formula is C11H15NO2. The maximum Gasteiger partial charge on any atom is 0.320 e. The summed E-state index contributed by atoms with van der Waals surface area (Å²) in [6, 6.07) is 7.52. The Balaban J connectivity index is 2.46. The molecule has 0 aromatic heterocycles. The van der Waals surface area contributed by atoms with Gasteiger partial charge in [0.25, 0.3) is 0 Å². The second-order valence-electron chi connectivity index (χ2n) is 3.43. The number of hydrogen-bond donors (Lipinski definition) is 2. The van der Waals surface area contributed by atoms with E-state index in [-0.39, 0.29) is 0 Å². The fourth-order valence-corrected chi connectivity index (χ4v) is 1.06. The fraction of sp³-hybridized carbons (Fsp3) is 0.364. The molecule has 1 atom stereocenters. The molecule has 0 radical (unpaired) electrons. The summed E-state index contributed by atoms with van der Waals surface area (Å²) in [5.41, 5.74) is 2.31. The van der Waals surface area contributed by atoms with E-state index in [0.717, 1.165) is 5.56 Å². The second-order valence-corrected chi connectivity index (χ2v) is 3.43. The number of aryl methyl sites for hydroxylation is 1. The van der Waals surface area contributed by atoms with E-state index in [1.54, 1.807) is 6.92 Å². The fourth-order valence-electron chi connectivity index (χ4n) is 1.06. The van der Waals surface area contributed by atoms with Crippen molar-refractivity contribution in [2.75, 3.05) is 0 Å². The van der Waals surface area contributed by atoms with Gasteiger partial charge in [-0.2, -0.15) is 0 Å². The lowest BCUT2D eigenvalue weighted by atomic mass is 10.1. The molecule has 0 aliphatic carbocycles. The number of carboxylic acids is 1. The number of benzene rings is 1. The molecule has 0 aliphatic rings. The maximum atomic E-state index is 10.5. The van der Waals surface area contributed by atoms with Crippen molar-refractivity contribution >= 4 is 5.97 Å². The molecule has 1 aromatic rings. The normalized spacial score (nSPS) is 12.4. The monoisotopic (exact) mass is 193 g/mol. The molecule has 0 unspecified atom stereocenters. The van der Waals surface area contributed by atoms with Crippen LogP contribution in [0.3, 0.4) is 0 Å². The predicted molar refractivity (Wildman–Crippen MR) is 55.1 cm³/mol. The van der Waals surface area contributed by atoms with Crippen LogP contribution in [0.5, 0.6) is 0 Å². The summed E-state index contributed by atoms with van der Waals surface area (Å²) in [6.45, 7) is 4.25. The zero-order valence-electron chi connectivity index (χ0n) is 8.45. The van der Waals surface area contributed by atoms with Crippen LogP contribution in [0.15, 0.2) is 24.3 Å². The molecule has 0 heterocycles. The molecule has 3 nitrogen and oxygen atoms in total. The third-order valence-corrected chi connectivity index (χ3v) is 2.10. The van der Waals surface area contributed by atoms with Gasteiger partial charge in [-0.25, -0.2) is 0 Å². The van der Waals surface area contributed by atoms with Gasteiger partial charge in [0.05, 0.1) is 0 Å². The zero-order valence-corrected chi connectivity index (χ0v) is 8.45. The maximum absolute atomic E-state index is 10.5. The van der Waals surface area contributed by atoms with E-state index >= 15 is 0 Å². The summed E-state index contributed by atoms with van der Waals surface area (Å²) in [5.74, 6) is -0.822. The molecule has 0 amide bonds. The van der Waals surface area contributed by atoms with Crippen LogP contribution in [0.2, 0.25) is 0 Å². The number of aliphatic carboxylic acids is 1. The van der Waals surface area contributed by atoms with Gasteiger partial charge < -0.3 is 10.4 Å². The van der Waals surface area contributed by atoms with Crippen molar-refractivity contribution in [2.24, 2.45) is 0 Å². The molecule has 1 aromatic carbocycles. The van der Waals surface area contributed by atoms with Crippen LogP contribution in [0.25, 0.3) is 0 Å². The average Bonchev–Trinajstić information content (AvgIpc) is 2.16. The van der Waals surface area contributed by atoms with Crippen molar-refractivity contribution in [1.29, 1.82) is 0 Å². The minimum atomic E-state index is -0.822. The highest BCUT2D eigenvalue weighted by Crippen LogP contribution is 2.02. The standard InChI is InChI=1S/C11H15NO2/c1-8-3-5-10(6-4-8)7-12-9(2)11(13)14/h3-6,9,12H,7H2,1-2H3,(H,13,14)/t9-/m1/s1. The summed E-state index contributed by atoms with van der Waals surface area (Å²) in [7, 11) is 0. The first-order valence-corrected chi connectivity index (χ1v) is 4.61. The van der Waals surface area contributed by atoms with Crippen LogP contribution in [-0.2, 0) is 11.3 Å². The second kappa shape index (κ2) is 4.77. The molecule has 1 rings (SSSR count). The number of nitrogens with one attached hydrogen (secondary N) is 1. The topological polar surface area (TPSA) is 49.3 Å². The van der Waals surface area contributed by atoms with Crippen molar-refractivity contribution in [1.82, 2.24) is 5.32 Å². The largest absolute Gasteiger partial charge is 0.480 e. The molecule has 76 valence electrons. The number of rotatable bonds is 4. The Morgan fingerprint density at radius 3 is 2.50 bits per heavy atom. The van der Waals surface area contributed by atoms with E-state index in [1.165, 1.54) is 5.56 Å². The first-order valence-electron chi connectivity index (χ1n) is 4.61. The number of hydrogen-bond acceptors (Lipinski definition) is 2. The Morgan fingerprint density at radius 2 is 2.00 bits per heavy atom. The Kier molecular flexibility index (Phi) is 3.65. The van der Waals surface area contributed by atoms with Crippen LogP contribution in [0, 0.1) is 6.92 Å². The lowest BCUT2D eigenvalue weighted by Gasteiger charge is -2.08. The number of carboxylic acid groups (broad SMARTS) is 1. The third kappa shape index (κ3) is 3.18. The quantitative estimate of drug-likeness (QED) is 0.763. The average molecular weight is 193 g/mol. The molecular weight excluding hydrogens is 178 g/mol. The molecule has 14 heavy (non-hydrogen) atoms. The van der Waals surface area contributed by atoms with Gasteiger partial charge in [-0.3, -0.25) is 4.79 Å². The van der Waals surface area contributed by atoms with Gasteiger partial charge >= 0.3 is 5.97 Å². The van der Waals surface area contributed by atoms with Crippen LogP contribution in [0.4, 0.5) is 0 Å². The SMILES string of the molecule is Cc1ccc(CN[C@H](C)C(=O)O)cc1. The molecule has 0 bridgehead atoms. The van der Waals surface area contributed by atoms with Crippen molar-refractivity contribution in [2.45, 2.75) is 26.4 Å². The van der Waals surface area contributed by atoms with Gasteiger partial charge in [0.15, 0.2) is 0 Å². The van der Waals surface area contributed by atoms with E-state index in [4.69, 9.17) is 5.11 Å². The smallest absolute Gasteiger partial charge is 0.320 e. The Bertz CT molecular complexity index is 306. The predicted octanol–water partition coefficient (Wildman–Crippen LogP) is 1.56. The Labute approximate surface area is 83.8 Å². The minimum absolute atomic E-state index is 0.503. The van der Waals surface area contributed by atoms with E-state index in [2.05, 4.69) is 5.32 Å². The van der Waals surface area contributed by atoms with Gasteiger partial charge in [0.1, 0.15) is 6.04 Å². The van der Waals surface area contributed by atoms with Crippen molar-refractivity contribution in [3.05, 3.63) is 35.4 Å².